The molecule has 0 spiro atoms. The van der Waals surface area contributed by atoms with Crippen molar-refractivity contribution >= 4 is 34.9 Å². The molecule has 2 aliphatic rings. The lowest BCUT2D eigenvalue weighted by Gasteiger charge is -2.32. The molecule has 2 aromatic rings. The number of nitrogens with one attached hydrogen (secondary N) is 1. The second-order valence-electron chi connectivity index (χ2n) is 7.11. The van der Waals surface area contributed by atoms with Gasteiger partial charge >= 0.3 is 0 Å². The third-order valence-corrected chi connectivity index (χ3v) is 6.80. The summed E-state index contributed by atoms with van der Waals surface area (Å²) in [7, 11) is 0. The van der Waals surface area contributed by atoms with E-state index in [1.807, 2.05) is 40.1 Å². The van der Waals surface area contributed by atoms with Crippen LogP contribution >= 0.6 is 23.1 Å². The van der Waals surface area contributed by atoms with Gasteiger partial charge in [0.25, 0.3) is 5.91 Å². The summed E-state index contributed by atoms with van der Waals surface area (Å²) in [6.07, 6.45) is 3.72. The Hall–Kier alpha value is -1.86. The Morgan fingerprint density at radius 2 is 1.96 bits per heavy atom. The first-order chi connectivity index (χ1) is 13.2. The van der Waals surface area contributed by atoms with E-state index in [2.05, 4.69) is 10.3 Å². The molecule has 1 N–H and O–H groups in total. The number of benzene rings is 1. The summed E-state index contributed by atoms with van der Waals surface area (Å²) in [5.41, 5.74) is 3.64. The minimum absolute atomic E-state index is 0.0864. The second-order valence-corrected chi connectivity index (χ2v) is 8.85. The van der Waals surface area contributed by atoms with Crippen LogP contribution in [-0.4, -0.2) is 40.8 Å². The second kappa shape index (κ2) is 8.44. The van der Waals surface area contributed by atoms with Crippen LogP contribution in [0.5, 0.6) is 0 Å². The van der Waals surface area contributed by atoms with Gasteiger partial charge in [-0.25, -0.2) is 4.98 Å². The zero-order valence-electron chi connectivity index (χ0n) is 15.1. The van der Waals surface area contributed by atoms with E-state index in [4.69, 9.17) is 0 Å². The Morgan fingerprint density at radius 1 is 1.19 bits per heavy atom. The van der Waals surface area contributed by atoms with E-state index < -0.39 is 0 Å². The molecule has 1 aromatic carbocycles. The van der Waals surface area contributed by atoms with Gasteiger partial charge in [-0.3, -0.25) is 9.59 Å². The minimum atomic E-state index is 0.0864. The highest BCUT2D eigenvalue weighted by atomic mass is 32.2. The van der Waals surface area contributed by atoms with Gasteiger partial charge in [0.15, 0.2) is 0 Å². The van der Waals surface area contributed by atoms with Gasteiger partial charge < -0.3 is 10.2 Å². The Labute approximate surface area is 167 Å². The lowest BCUT2D eigenvalue weighted by Crippen LogP contribution is -2.47. The fourth-order valence-corrected chi connectivity index (χ4v) is 4.90. The quantitative estimate of drug-likeness (QED) is 0.752. The van der Waals surface area contributed by atoms with E-state index in [9.17, 15) is 9.59 Å². The molecule has 1 aromatic heterocycles. The average Bonchev–Trinajstić information content (AvgIpc) is 3.43. The highest BCUT2D eigenvalue weighted by Crippen LogP contribution is 2.30. The largest absolute Gasteiger partial charge is 0.353 e. The van der Waals surface area contributed by atoms with Crippen molar-refractivity contribution in [1.82, 2.24) is 15.2 Å². The summed E-state index contributed by atoms with van der Waals surface area (Å²) in [6.45, 7) is 1.39. The standard InChI is InChI=1S/C20H23N3O2S2/c24-19(14-5-6-14)22-15-7-9-23(10-8-15)20(25)17-3-1-2-4-18(17)27-12-16-11-26-13-21-16/h1-4,11,13-15H,5-10,12H2,(H,22,24). The number of amides is 2. The van der Waals surface area contributed by atoms with Crippen LogP contribution in [0.15, 0.2) is 40.1 Å². The number of carbonyl (C=O) groups is 2. The molecule has 2 amide bonds. The lowest BCUT2D eigenvalue weighted by atomic mass is 10.0. The lowest BCUT2D eigenvalue weighted by molar-refractivity contribution is -0.123. The molecule has 142 valence electrons. The Morgan fingerprint density at radius 3 is 2.67 bits per heavy atom. The van der Waals surface area contributed by atoms with Crippen LogP contribution in [0.25, 0.3) is 0 Å². The summed E-state index contributed by atoms with van der Waals surface area (Å²) in [6, 6.07) is 8.01. The van der Waals surface area contributed by atoms with E-state index in [1.165, 1.54) is 0 Å². The molecular weight excluding hydrogens is 378 g/mol. The molecule has 1 aliphatic heterocycles. The molecule has 2 heterocycles. The number of carbonyl (C=O) groups excluding carboxylic acids is 2. The number of thioether (sulfide) groups is 1. The monoisotopic (exact) mass is 401 g/mol. The normalized spacial score (nSPS) is 17.7. The van der Waals surface area contributed by atoms with Crippen LogP contribution in [0.1, 0.15) is 41.7 Å². The number of piperidine rings is 1. The topological polar surface area (TPSA) is 62.3 Å². The van der Waals surface area contributed by atoms with Gasteiger partial charge in [-0.2, -0.15) is 0 Å². The van der Waals surface area contributed by atoms with Crippen LogP contribution in [0.4, 0.5) is 0 Å². The summed E-state index contributed by atoms with van der Waals surface area (Å²) >= 11 is 3.24. The Bertz CT molecular complexity index is 797. The maximum Gasteiger partial charge on any atom is 0.254 e. The fraction of sp³-hybridized carbons (Fsp3) is 0.450. The van der Waals surface area contributed by atoms with Crippen LogP contribution in [0.3, 0.4) is 0 Å². The van der Waals surface area contributed by atoms with E-state index in [1.54, 1.807) is 23.1 Å². The van der Waals surface area contributed by atoms with Crippen molar-refractivity contribution < 1.29 is 9.59 Å². The van der Waals surface area contributed by atoms with Gasteiger partial charge in [-0.15, -0.1) is 23.1 Å². The number of likely N-dealkylation sites (tertiary alicyclic amines) is 1. The zero-order valence-corrected chi connectivity index (χ0v) is 16.7. The van der Waals surface area contributed by atoms with E-state index in [-0.39, 0.29) is 23.8 Å². The third kappa shape index (κ3) is 4.71. The van der Waals surface area contributed by atoms with Crippen LogP contribution < -0.4 is 5.32 Å². The number of nitrogens with zero attached hydrogens (tertiary/aromatic N) is 2. The van der Waals surface area contributed by atoms with Gasteiger partial charge in [-0.1, -0.05) is 12.1 Å². The number of hydrogen-bond donors (Lipinski definition) is 1. The molecule has 0 atom stereocenters. The van der Waals surface area contributed by atoms with Crippen LogP contribution in [0, 0.1) is 5.92 Å². The number of rotatable bonds is 6. The summed E-state index contributed by atoms with van der Waals surface area (Å²) in [5, 5.41) is 5.18. The maximum atomic E-state index is 13.0. The molecule has 0 unspecified atom stereocenters. The first kappa shape index (κ1) is 18.5. The molecule has 0 radical (unpaired) electrons. The molecule has 1 saturated carbocycles. The molecular formula is C20H23N3O2S2. The molecule has 27 heavy (non-hydrogen) atoms. The summed E-state index contributed by atoms with van der Waals surface area (Å²) in [5.74, 6) is 1.29. The number of aromatic nitrogens is 1. The number of thiazole rings is 1. The zero-order chi connectivity index (χ0) is 18.6. The van der Waals surface area contributed by atoms with Gasteiger partial charge in [0.05, 0.1) is 16.8 Å². The number of hydrogen-bond acceptors (Lipinski definition) is 5. The van der Waals surface area contributed by atoms with Crippen molar-refractivity contribution in [3.8, 4) is 0 Å². The molecule has 1 aliphatic carbocycles. The molecule has 1 saturated heterocycles. The molecule has 0 bridgehead atoms. The van der Waals surface area contributed by atoms with Crippen LogP contribution in [0.2, 0.25) is 0 Å². The van der Waals surface area contributed by atoms with Crippen molar-refractivity contribution in [1.29, 1.82) is 0 Å². The SMILES string of the molecule is O=C(NC1CCN(C(=O)c2ccccc2SCc2cscn2)CC1)C1CC1. The summed E-state index contributed by atoms with van der Waals surface area (Å²) < 4.78 is 0. The van der Waals surface area contributed by atoms with Crippen molar-refractivity contribution in [3.05, 3.63) is 46.4 Å². The van der Waals surface area contributed by atoms with Crippen molar-refractivity contribution in [2.45, 2.75) is 42.4 Å². The Balaban J connectivity index is 1.34. The van der Waals surface area contributed by atoms with Crippen molar-refractivity contribution in [3.63, 3.8) is 0 Å². The minimum Gasteiger partial charge on any atom is -0.353 e. The molecule has 7 heteroatoms. The average molecular weight is 402 g/mol. The predicted molar refractivity (Wildman–Crippen MR) is 108 cm³/mol. The van der Waals surface area contributed by atoms with Crippen LogP contribution in [-0.2, 0) is 10.5 Å². The molecule has 2 fully saturated rings. The van der Waals surface area contributed by atoms with E-state index in [0.29, 0.717) is 13.1 Å². The Kier molecular flexibility index (Phi) is 5.78. The third-order valence-electron chi connectivity index (χ3n) is 5.05. The first-order valence-electron chi connectivity index (χ1n) is 9.39. The van der Waals surface area contributed by atoms with Crippen molar-refractivity contribution in [2.24, 2.45) is 5.92 Å². The fourth-order valence-electron chi connectivity index (χ4n) is 3.29. The highest BCUT2D eigenvalue weighted by molar-refractivity contribution is 7.98. The summed E-state index contributed by atoms with van der Waals surface area (Å²) in [4.78, 5) is 32.2. The van der Waals surface area contributed by atoms with Crippen molar-refractivity contribution in [2.75, 3.05) is 13.1 Å². The first-order valence-corrected chi connectivity index (χ1v) is 11.3. The molecule has 4 rings (SSSR count). The predicted octanol–water partition coefficient (Wildman–Crippen LogP) is 3.57. The smallest absolute Gasteiger partial charge is 0.254 e. The van der Waals surface area contributed by atoms with Gasteiger partial charge in [-0.05, 0) is 37.8 Å². The van der Waals surface area contributed by atoms with Gasteiger partial charge in [0, 0.05) is 41.1 Å². The molecule has 5 nitrogen and oxygen atoms in total. The van der Waals surface area contributed by atoms with Gasteiger partial charge in [0.2, 0.25) is 5.91 Å². The highest BCUT2D eigenvalue weighted by Gasteiger charge is 2.32. The maximum absolute atomic E-state index is 13.0. The van der Waals surface area contributed by atoms with Gasteiger partial charge in [0.1, 0.15) is 0 Å². The van der Waals surface area contributed by atoms with E-state index in [0.717, 1.165) is 47.6 Å². The van der Waals surface area contributed by atoms with E-state index >= 15 is 0 Å².